The SMILES string of the molecule is FC(F)(F)Oc1ccc(NC(=S)NCc2ccccc2C[NH+]2CCCCC2)cc1. The predicted octanol–water partition coefficient (Wildman–Crippen LogP) is 3.64. The lowest BCUT2D eigenvalue weighted by Crippen LogP contribution is -3.11. The number of benzene rings is 2. The Labute approximate surface area is 174 Å². The fraction of sp³-hybridized carbons (Fsp3) is 0.381. The van der Waals surface area contributed by atoms with Crippen LogP contribution in [0.1, 0.15) is 30.4 Å². The molecule has 0 bridgehead atoms. The monoisotopic (exact) mass is 424 g/mol. The van der Waals surface area contributed by atoms with Crippen LogP contribution in [0.3, 0.4) is 0 Å². The van der Waals surface area contributed by atoms with Gasteiger partial charge in [0.25, 0.3) is 0 Å². The first-order valence-electron chi connectivity index (χ1n) is 9.70. The molecule has 29 heavy (non-hydrogen) atoms. The van der Waals surface area contributed by atoms with E-state index >= 15 is 0 Å². The fourth-order valence-electron chi connectivity index (χ4n) is 3.49. The van der Waals surface area contributed by atoms with Crippen LogP contribution >= 0.6 is 12.2 Å². The zero-order valence-electron chi connectivity index (χ0n) is 16.0. The van der Waals surface area contributed by atoms with Crippen molar-refractivity contribution in [2.45, 2.75) is 38.7 Å². The minimum absolute atomic E-state index is 0.268. The summed E-state index contributed by atoms with van der Waals surface area (Å²) in [6, 6.07) is 13.8. The second kappa shape index (κ2) is 9.93. The number of thiocarbonyl (C=S) groups is 1. The maximum absolute atomic E-state index is 12.2. The summed E-state index contributed by atoms with van der Waals surface area (Å²) in [4.78, 5) is 1.62. The maximum atomic E-state index is 12.2. The standard InChI is InChI=1S/C21H24F3N3OS/c22-21(23,24)28-19-10-8-18(9-11-19)26-20(29)25-14-16-6-2-3-7-17(16)15-27-12-4-1-5-13-27/h2-3,6-11H,1,4-5,12-15H2,(H2,25,26,29)/p+1. The second-order valence-electron chi connectivity index (χ2n) is 7.14. The van der Waals surface area contributed by atoms with Gasteiger partial charge in [-0.05, 0) is 61.3 Å². The summed E-state index contributed by atoms with van der Waals surface area (Å²) >= 11 is 5.32. The van der Waals surface area contributed by atoms with Crippen LogP contribution in [0.2, 0.25) is 0 Å². The number of hydrogen-bond donors (Lipinski definition) is 3. The Bertz CT molecular complexity index is 806. The van der Waals surface area contributed by atoms with Crippen LogP contribution in [0, 0.1) is 0 Å². The molecule has 2 aromatic carbocycles. The molecule has 4 nitrogen and oxygen atoms in total. The molecule has 0 amide bonds. The third kappa shape index (κ3) is 7.21. The van der Waals surface area contributed by atoms with Gasteiger partial charge in [0.2, 0.25) is 0 Å². The molecule has 1 fully saturated rings. The number of hydrogen-bond acceptors (Lipinski definition) is 2. The molecule has 0 spiro atoms. The van der Waals surface area contributed by atoms with E-state index in [1.165, 1.54) is 67.7 Å². The summed E-state index contributed by atoms with van der Waals surface area (Å²) in [5.74, 6) is -0.268. The molecule has 1 aliphatic rings. The van der Waals surface area contributed by atoms with Crippen molar-refractivity contribution in [3.63, 3.8) is 0 Å². The average molecular weight is 425 g/mol. The molecule has 0 unspecified atom stereocenters. The van der Waals surface area contributed by atoms with Gasteiger partial charge in [0, 0.05) is 17.8 Å². The van der Waals surface area contributed by atoms with Crippen LogP contribution in [0.5, 0.6) is 5.75 Å². The summed E-state index contributed by atoms with van der Waals surface area (Å²) < 4.78 is 40.5. The molecule has 0 saturated carbocycles. The summed E-state index contributed by atoms with van der Waals surface area (Å²) in [5, 5.41) is 6.57. The van der Waals surface area contributed by atoms with E-state index in [-0.39, 0.29) is 5.75 Å². The Balaban J connectivity index is 1.51. The van der Waals surface area contributed by atoms with Gasteiger partial charge in [-0.15, -0.1) is 13.2 Å². The van der Waals surface area contributed by atoms with Crippen molar-refractivity contribution in [1.29, 1.82) is 0 Å². The van der Waals surface area contributed by atoms with Crippen molar-refractivity contribution < 1.29 is 22.8 Å². The Kier molecular flexibility index (Phi) is 7.33. The van der Waals surface area contributed by atoms with Crippen molar-refractivity contribution in [1.82, 2.24) is 5.32 Å². The largest absolute Gasteiger partial charge is 0.573 e. The van der Waals surface area contributed by atoms with Gasteiger partial charge in [-0.1, -0.05) is 24.3 Å². The number of likely N-dealkylation sites (tertiary alicyclic amines) is 1. The Hall–Kier alpha value is -2.32. The maximum Gasteiger partial charge on any atom is 0.573 e. The summed E-state index contributed by atoms with van der Waals surface area (Å²) in [5.41, 5.74) is 3.10. The van der Waals surface area contributed by atoms with Gasteiger partial charge in [0.1, 0.15) is 12.3 Å². The highest BCUT2D eigenvalue weighted by Crippen LogP contribution is 2.23. The number of halogens is 3. The quantitative estimate of drug-likeness (QED) is 0.619. The normalized spacial score (nSPS) is 15.0. The lowest BCUT2D eigenvalue weighted by atomic mass is 10.0. The highest BCUT2D eigenvalue weighted by molar-refractivity contribution is 7.80. The predicted molar refractivity (Wildman–Crippen MR) is 111 cm³/mol. The van der Waals surface area contributed by atoms with E-state index in [1.54, 1.807) is 4.90 Å². The number of anilines is 1. The second-order valence-corrected chi connectivity index (χ2v) is 7.54. The smallest absolute Gasteiger partial charge is 0.406 e. The fourth-order valence-corrected chi connectivity index (χ4v) is 3.68. The molecule has 0 atom stereocenters. The van der Waals surface area contributed by atoms with E-state index in [0.29, 0.717) is 17.3 Å². The van der Waals surface area contributed by atoms with E-state index in [0.717, 1.165) is 6.54 Å². The number of nitrogens with one attached hydrogen (secondary N) is 3. The Morgan fingerprint density at radius 3 is 2.28 bits per heavy atom. The van der Waals surface area contributed by atoms with Gasteiger partial charge in [-0.2, -0.15) is 0 Å². The van der Waals surface area contributed by atoms with Crippen LogP contribution < -0.4 is 20.3 Å². The summed E-state index contributed by atoms with van der Waals surface area (Å²) in [6.45, 7) is 4.04. The van der Waals surface area contributed by atoms with Crippen LogP contribution in [0.4, 0.5) is 18.9 Å². The lowest BCUT2D eigenvalue weighted by Gasteiger charge is -2.24. The van der Waals surface area contributed by atoms with Crippen molar-refractivity contribution >= 4 is 23.0 Å². The van der Waals surface area contributed by atoms with Gasteiger partial charge in [-0.3, -0.25) is 0 Å². The third-order valence-corrected chi connectivity index (χ3v) is 5.15. The van der Waals surface area contributed by atoms with Crippen molar-refractivity contribution in [2.75, 3.05) is 18.4 Å². The number of ether oxygens (including phenoxy) is 1. The molecule has 156 valence electrons. The summed E-state index contributed by atoms with van der Waals surface area (Å²) in [7, 11) is 0. The highest BCUT2D eigenvalue weighted by Gasteiger charge is 2.30. The number of rotatable bonds is 6. The molecular formula is C21H25F3N3OS+. The van der Waals surface area contributed by atoms with Crippen molar-refractivity contribution in [3.05, 3.63) is 59.7 Å². The first-order valence-corrected chi connectivity index (χ1v) is 10.1. The van der Waals surface area contributed by atoms with Crippen LogP contribution in [-0.2, 0) is 13.1 Å². The van der Waals surface area contributed by atoms with E-state index in [4.69, 9.17) is 12.2 Å². The highest BCUT2D eigenvalue weighted by atomic mass is 32.1. The van der Waals surface area contributed by atoms with E-state index in [1.807, 2.05) is 6.07 Å². The van der Waals surface area contributed by atoms with Gasteiger partial charge in [0.05, 0.1) is 13.1 Å². The zero-order chi connectivity index (χ0) is 20.7. The van der Waals surface area contributed by atoms with E-state index in [2.05, 4.69) is 33.6 Å². The molecule has 3 N–H and O–H groups in total. The molecule has 3 rings (SSSR count). The molecule has 0 aliphatic carbocycles. The molecule has 1 aliphatic heterocycles. The van der Waals surface area contributed by atoms with Crippen LogP contribution in [-0.4, -0.2) is 24.6 Å². The number of quaternary nitrogens is 1. The van der Waals surface area contributed by atoms with Gasteiger partial charge >= 0.3 is 6.36 Å². The Morgan fingerprint density at radius 2 is 1.62 bits per heavy atom. The molecular weight excluding hydrogens is 399 g/mol. The summed E-state index contributed by atoms with van der Waals surface area (Å²) in [6.07, 6.45) is -0.793. The first-order chi connectivity index (χ1) is 13.9. The van der Waals surface area contributed by atoms with Crippen LogP contribution in [0.25, 0.3) is 0 Å². The molecule has 2 aromatic rings. The van der Waals surface area contributed by atoms with Crippen molar-refractivity contribution in [3.8, 4) is 5.75 Å². The Morgan fingerprint density at radius 1 is 0.966 bits per heavy atom. The first kappa shape index (κ1) is 21.4. The average Bonchev–Trinajstić information content (AvgIpc) is 2.68. The zero-order valence-corrected chi connectivity index (χ0v) is 16.8. The van der Waals surface area contributed by atoms with E-state index < -0.39 is 6.36 Å². The minimum atomic E-state index is -4.70. The van der Waals surface area contributed by atoms with Gasteiger partial charge in [0.15, 0.2) is 5.11 Å². The van der Waals surface area contributed by atoms with Crippen molar-refractivity contribution in [2.24, 2.45) is 0 Å². The topological polar surface area (TPSA) is 37.7 Å². The lowest BCUT2D eigenvalue weighted by molar-refractivity contribution is -0.918. The van der Waals surface area contributed by atoms with Gasteiger partial charge < -0.3 is 20.3 Å². The molecule has 0 aromatic heterocycles. The van der Waals surface area contributed by atoms with Crippen LogP contribution in [0.15, 0.2) is 48.5 Å². The molecule has 1 saturated heterocycles. The molecule has 1 heterocycles. The minimum Gasteiger partial charge on any atom is -0.406 e. The molecule has 8 heteroatoms. The third-order valence-electron chi connectivity index (χ3n) is 4.90. The number of piperidine rings is 1. The van der Waals surface area contributed by atoms with E-state index in [9.17, 15) is 13.2 Å². The van der Waals surface area contributed by atoms with Gasteiger partial charge in [-0.25, -0.2) is 0 Å². The number of alkyl halides is 3. The molecule has 0 radical (unpaired) electrons.